The molecule has 600 valence electrons. The van der Waals surface area contributed by atoms with E-state index in [9.17, 15) is 43.2 Å². The van der Waals surface area contributed by atoms with E-state index in [0.717, 1.165) is 102 Å². The average molecular weight is 1480 g/mol. The fraction of sp³-hybridized carbons (Fsp3) is 0.951. The summed E-state index contributed by atoms with van der Waals surface area (Å²) in [4.78, 5) is 73.1. The van der Waals surface area contributed by atoms with Crippen molar-refractivity contribution in [1.29, 1.82) is 0 Å². The van der Waals surface area contributed by atoms with Crippen molar-refractivity contribution in [1.82, 2.24) is 0 Å². The first-order valence-electron chi connectivity index (χ1n) is 42.6. The van der Waals surface area contributed by atoms with Gasteiger partial charge in [0, 0.05) is 25.7 Å². The van der Waals surface area contributed by atoms with Crippen molar-refractivity contribution in [2.24, 2.45) is 11.8 Å². The summed E-state index contributed by atoms with van der Waals surface area (Å²) in [5.74, 6) is -0.563. The lowest BCUT2D eigenvalue weighted by molar-refractivity contribution is -0.161. The Kier molecular flexibility index (Phi) is 72.2. The Morgan fingerprint density at radius 3 is 0.703 bits per heavy atom. The van der Waals surface area contributed by atoms with Crippen LogP contribution in [0.5, 0.6) is 0 Å². The monoisotopic (exact) mass is 1480 g/mol. The third-order valence-corrected chi connectivity index (χ3v) is 21.8. The highest BCUT2D eigenvalue weighted by atomic mass is 31.2. The number of hydrogen-bond acceptors (Lipinski definition) is 15. The maximum Gasteiger partial charge on any atom is 0.472 e. The van der Waals surface area contributed by atoms with Crippen LogP contribution in [0.2, 0.25) is 0 Å². The molecular weight excluding hydrogens is 1320 g/mol. The fourth-order valence-electron chi connectivity index (χ4n) is 12.6. The highest BCUT2D eigenvalue weighted by Crippen LogP contribution is 2.45. The largest absolute Gasteiger partial charge is 0.472 e. The fourth-order valence-corrected chi connectivity index (χ4v) is 14.2. The molecule has 0 rings (SSSR count). The number of hydrogen-bond donors (Lipinski definition) is 3. The van der Waals surface area contributed by atoms with Crippen molar-refractivity contribution in [3.63, 3.8) is 0 Å². The number of ether oxygens (including phenoxy) is 4. The number of rotatable bonds is 81. The van der Waals surface area contributed by atoms with Gasteiger partial charge in [-0.2, -0.15) is 0 Å². The van der Waals surface area contributed by atoms with Crippen LogP contribution in [-0.4, -0.2) is 96.7 Å². The summed E-state index contributed by atoms with van der Waals surface area (Å²) in [6.07, 6.45) is 63.8. The van der Waals surface area contributed by atoms with Crippen molar-refractivity contribution in [2.45, 2.75) is 452 Å². The number of aliphatic hydroxyl groups is 1. The zero-order chi connectivity index (χ0) is 74.2. The standard InChI is InChI=1S/C82H160O17P2/c1-7-11-13-15-17-19-21-23-25-26-27-28-29-30-31-33-35-37-39-48-54-60-66-81(86)98-77(70-92-79(84)64-58-52-46-38-36-34-32-24-22-20-18-16-14-12-8-2)72-96-100(88,89)94-68-76(83)69-95-101(90,91)97-73-78(99-82(87)67-61-55-49-43-41-45-51-57-63-75(6)10-4)71-93-80(85)65-59-53-47-42-40-44-50-56-62-74(5)9-3/h74-78,83H,7-73H2,1-6H3,(H,88,89)(H,90,91)/t74?,75?,76-,77-,78-/m1/s1. The molecule has 4 unspecified atom stereocenters. The van der Waals surface area contributed by atoms with Crippen LogP contribution in [0.4, 0.5) is 0 Å². The molecule has 0 heterocycles. The van der Waals surface area contributed by atoms with Gasteiger partial charge in [0.25, 0.3) is 0 Å². The third-order valence-electron chi connectivity index (χ3n) is 19.9. The normalized spacial score (nSPS) is 14.4. The SMILES string of the molecule is CCCCCCCCCCCCCCCCCCCCCCCCC(=O)O[C@H](COC(=O)CCCCCCCCCCCCCCCCC)COP(=O)(O)OC[C@@H](O)COP(=O)(O)OC[C@@H](COC(=O)CCCCCCCCCCC(C)CC)OC(=O)CCCCCCCCCCC(C)CC. The summed E-state index contributed by atoms with van der Waals surface area (Å²) in [6, 6.07) is 0. The van der Waals surface area contributed by atoms with E-state index in [-0.39, 0.29) is 25.7 Å². The molecule has 101 heavy (non-hydrogen) atoms. The molecule has 0 saturated heterocycles. The third kappa shape index (κ3) is 73.4. The van der Waals surface area contributed by atoms with Gasteiger partial charge in [0.2, 0.25) is 0 Å². The first kappa shape index (κ1) is 99.1. The van der Waals surface area contributed by atoms with Gasteiger partial charge in [-0.1, -0.05) is 382 Å². The lowest BCUT2D eigenvalue weighted by atomic mass is 9.99. The quantitative estimate of drug-likeness (QED) is 0.0222. The second-order valence-corrected chi connectivity index (χ2v) is 32.9. The van der Waals surface area contributed by atoms with E-state index in [1.165, 1.54) is 250 Å². The Labute approximate surface area is 619 Å². The molecule has 17 nitrogen and oxygen atoms in total. The first-order chi connectivity index (χ1) is 48.9. The number of carbonyl (C=O) groups is 4. The molecule has 0 aliphatic rings. The molecular formula is C82H160O17P2. The average Bonchev–Trinajstić information content (AvgIpc) is 0.970. The molecule has 19 heteroatoms. The first-order valence-corrected chi connectivity index (χ1v) is 45.6. The minimum absolute atomic E-state index is 0.105. The van der Waals surface area contributed by atoms with Gasteiger partial charge in [-0.05, 0) is 37.5 Å². The van der Waals surface area contributed by atoms with E-state index in [4.69, 9.17) is 37.0 Å². The number of esters is 4. The maximum absolute atomic E-state index is 13.1. The molecule has 0 bridgehead atoms. The van der Waals surface area contributed by atoms with E-state index < -0.39 is 97.5 Å². The van der Waals surface area contributed by atoms with E-state index in [1.807, 2.05) is 0 Å². The molecule has 3 N–H and O–H groups in total. The summed E-state index contributed by atoms with van der Waals surface area (Å²) >= 11 is 0. The van der Waals surface area contributed by atoms with Crippen LogP contribution < -0.4 is 0 Å². The Morgan fingerprint density at radius 2 is 0.475 bits per heavy atom. The van der Waals surface area contributed by atoms with Crippen molar-refractivity contribution in [3.05, 3.63) is 0 Å². The lowest BCUT2D eigenvalue weighted by Gasteiger charge is -2.21. The van der Waals surface area contributed by atoms with Gasteiger partial charge < -0.3 is 33.8 Å². The van der Waals surface area contributed by atoms with Crippen LogP contribution in [0.25, 0.3) is 0 Å². The van der Waals surface area contributed by atoms with Crippen LogP contribution in [0.15, 0.2) is 0 Å². The van der Waals surface area contributed by atoms with Gasteiger partial charge in [-0.15, -0.1) is 0 Å². The van der Waals surface area contributed by atoms with Crippen molar-refractivity contribution in [2.75, 3.05) is 39.6 Å². The topological polar surface area (TPSA) is 237 Å². The van der Waals surface area contributed by atoms with Gasteiger partial charge in [-0.25, -0.2) is 9.13 Å². The molecule has 0 spiro atoms. The molecule has 0 aliphatic carbocycles. The van der Waals surface area contributed by atoms with Gasteiger partial charge in [0.1, 0.15) is 19.3 Å². The van der Waals surface area contributed by atoms with Gasteiger partial charge in [-0.3, -0.25) is 37.3 Å². The number of unbranched alkanes of at least 4 members (excludes halogenated alkanes) is 49. The molecule has 0 saturated carbocycles. The second kappa shape index (κ2) is 73.6. The van der Waals surface area contributed by atoms with Crippen molar-refractivity contribution >= 4 is 39.5 Å². The summed E-state index contributed by atoms with van der Waals surface area (Å²) in [7, 11) is -9.92. The van der Waals surface area contributed by atoms with Crippen LogP contribution in [0.3, 0.4) is 0 Å². The number of aliphatic hydroxyl groups excluding tert-OH is 1. The predicted octanol–water partition coefficient (Wildman–Crippen LogP) is 24.7. The molecule has 0 aliphatic heterocycles. The minimum atomic E-state index is -4.96. The highest BCUT2D eigenvalue weighted by molar-refractivity contribution is 7.47. The second-order valence-electron chi connectivity index (χ2n) is 30.0. The molecule has 0 aromatic rings. The Morgan fingerprint density at radius 1 is 0.277 bits per heavy atom. The van der Waals surface area contributed by atoms with Gasteiger partial charge in [0.15, 0.2) is 12.2 Å². The van der Waals surface area contributed by atoms with Crippen LogP contribution >= 0.6 is 15.6 Å². The zero-order valence-electron chi connectivity index (χ0n) is 66.2. The minimum Gasteiger partial charge on any atom is -0.462 e. The predicted molar refractivity (Wildman–Crippen MR) is 414 cm³/mol. The highest BCUT2D eigenvalue weighted by Gasteiger charge is 2.30. The Hall–Kier alpha value is -1.94. The molecule has 7 atom stereocenters. The molecule has 0 fully saturated rings. The van der Waals surface area contributed by atoms with Gasteiger partial charge >= 0.3 is 39.5 Å². The molecule has 0 aromatic heterocycles. The van der Waals surface area contributed by atoms with Crippen LogP contribution in [0.1, 0.15) is 433 Å². The number of phosphoric acid groups is 2. The molecule has 0 radical (unpaired) electrons. The van der Waals surface area contributed by atoms with Crippen molar-refractivity contribution in [3.8, 4) is 0 Å². The van der Waals surface area contributed by atoms with Crippen molar-refractivity contribution < 1.29 is 80.2 Å². The van der Waals surface area contributed by atoms with E-state index in [1.54, 1.807) is 0 Å². The summed E-state index contributed by atoms with van der Waals surface area (Å²) in [5.41, 5.74) is 0. The maximum atomic E-state index is 13.1. The van der Waals surface area contributed by atoms with E-state index in [2.05, 4.69) is 41.5 Å². The van der Waals surface area contributed by atoms with Gasteiger partial charge in [0.05, 0.1) is 26.4 Å². The van der Waals surface area contributed by atoms with E-state index in [0.29, 0.717) is 25.7 Å². The number of carbonyl (C=O) groups excluding carboxylic acids is 4. The Balaban J connectivity index is 5.22. The molecule has 0 aromatic carbocycles. The van der Waals surface area contributed by atoms with Crippen LogP contribution in [0, 0.1) is 11.8 Å². The summed E-state index contributed by atoms with van der Waals surface area (Å²) < 4.78 is 68.7. The van der Waals surface area contributed by atoms with E-state index >= 15 is 0 Å². The van der Waals surface area contributed by atoms with Crippen LogP contribution in [-0.2, 0) is 65.4 Å². The zero-order valence-corrected chi connectivity index (χ0v) is 68.0. The Bertz CT molecular complexity index is 1950. The lowest BCUT2D eigenvalue weighted by Crippen LogP contribution is -2.30. The smallest absolute Gasteiger partial charge is 0.462 e. The molecule has 0 amide bonds. The summed E-state index contributed by atoms with van der Waals surface area (Å²) in [5, 5.41) is 10.6. The summed E-state index contributed by atoms with van der Waals surface area (Å²) in [6.45, 7) is 9.63. The number of phosphoric ester groups is 2.